The Labute approximate surface area is 102 Å². The summed E-state index contributed by atoms with van der Waals surface area (Å²) >= 11 is 0. The zero-order valence-corrected chi connectivity index (χ0v) is 10.5. The van der Waals surface area contributed by atoms with Crippen LogP contribution in [0.3, 0.4) is 0 Å². The number of halogens is 3. The first kappa shape index (κ1) is 19.4. The van der Waals surface area contributed by atoms with E-state index >= 15 is 0 Å². The van der Waals surface area contributed by atoms with Gasteiger partial charge in [0.05, 0.1) is 0 Å². The molecule has 0 aliphatic rings. The molecule has 0 atom stereocenters. The van der Waals surface area contributed by atoms with E-state index in [0.717, 1.165) is 0 Å². The van der Waals surface area contributed by atoms with Gasteiger partial charge in [-0.05, 0) is 0 Å². The maximum Gasteiger partial charge on any atom is 0.522 e. The van der Waals surface area contributed by atoms with Crippen LogP contribution in [0.2, 0.25) is 0 Å². The molecule has 11 heteroatoms. The van der Waals surface area contributed by atoms with E-state index in [0.29, 0.717) is 0 Å². The maximum absolute atomic E-state index is 10.7. The number of nitrogens with zero attached hydrogens (tertiary/aromatic N) is 1. The van der Waals surface area contributed by atoms with Crippen LogP contribution in [-0.2, 0) is 24.3 Å². The van der Waals surface area contributed by atoms with Crippen molar-refractivity contribution in [2.24, 2.45) is 0 Å². The van der Waals surface area contributed by atoms with Crippen molar-refractivity contribution in [3.05, 3.63) is 0 Å². The average Bonchev–Trinajstić information content (AvgIpc) is 2.24. The molecule has 0 spiro atoms. The van der Waals surface area contributed by atoms with Crippen molar-refractivity contribution in [3.8, 4) is 6.07 Å². The van der Waals surface area contributed by atoms with Crippen LogP contribution < -0.4 is 0 Å². The molecule has 0 saturated heterocycles. The van der Waals surface area contributed by atoms with Crippen molar-refractivity contribution in [1.29, 1.82) is 5.26 Å². The number of ether oxygens (including phenoxy) is 3. The van der Waals surface area contributed by atoms with Gasteiger partial charge in [-0.3, -0.25) is 4.55 Å². The van der Waals surface area contributed by atoms with Crippen LogP contribution in [0.5, 0.6) is 0 Å². The second kappa shape index (κ2) is 7.49. The van der Waals surface area contributed by atoms with E-state index in [4.69, 9.17) is 32.4 Å². The molecule has 0 saturated carbocycles. The number of rotatable bonds is 4. The molecule has 0 bridgehead atoms. The van der Waals surface area contributed by atoms with Crippen LogP contribution >= 0.6 is 0 Å². The Morgan fingerprint density at radius 2 is 1.56 bits per heavy atom. The van der Waals surface area contributed by atoms with Crippen LogP contribution in [0, 0.1) is 11.3 Å². The molecule has 0 aromatic heterocycles. The molecule has 7 nitrogen and oxygen atoms in total. The largest absolute Gasteiger partial charge is 0.522 e. The smallest absolute Gasteiger partial charge is 0.378 e. The molecule has 18 heavy (non-hydrogen) atoms. The third-order valence-electron chi connectivity index (χ3n) is 1.46. The Balaban J connectivity index is 0. The quantitative estimate of drug-likeness (QED) is 0.458. The summed E-state index contributed by atoms with van der Waals surface area (Å²) in [5.74, 6) is -1.24. The van der Waals surface area contributed by atoms with Gasteiger partial charge in [-0.25, -0.2) is 0 Å². The molecule has 0 radical (unpaired) electrons. The van der Waals surface area contributed by atoms with Gasteiger partial charge in [0.25, 0.3) is 5.79 Å². The summed E-state index contributed by atoms with van der Waals surface area (Å²) < 4.78 is 71.8. The van der Waals surface area contributed by atoms with Crippen molar-refractivity contribution in [2.45, 2.75) is 11.3 Å². The van der Waals surface area contributed by atoms with E-state index in [2.05, 4.69) is 0 Å². The van der Waals surface area contributed by atoms with Crippen molar-refractivity contribution >= 4 is 10.1 Å². The summed E-state index contributed by atoms with van der Waals surface area (Å²) in [6, 6.07) is 1.85. The number of methoxy groups -OCH3 is 3. The van der Waals surface area contributed by atoms with E-state index < -0.39 is 21.4 Å². The van der Waals surface area contributed by atoms with Gasteiger partial charge < -0.3 is 14.2 Å². The van der Waals surface area contributed by atoms with E-state index in [9.17, 15) is 13.2 Å². The summed E-state index contributed by atoms with van der Waals surface area (Å²) in [5.41, 5.74) is -5.53. The first-order chi connectivity index (χ1) is 7.99. The van der Waals surface area contributed by atoms with Gasteiger partial charge in [-0.1, -0.05) is 0 Å². The van der Waals surface area contributed by atoms with Gasteiger partial charge in [0.2, 0.25) is 0 Å². The Morgan fingerprint density at radius 3 is 1.61 bits per heavy atom. The lowest BCUT2D eigenvalue weighted by Gasteiger charge is -2.21. The van der Waals surface area contributed by atoms with Gasteiger partial charge in [0.1, 0.15) is 12.7 Å². The third kappa shape index (κ3) is 6.72. The first-order valence-corrected chi connectivity index (χ1v) is 5.48. The molecular formula is C7H12F3NO6S. The minimum absolute atomic E-state index is 0.108. The molecule has 1 N–H and O–H groups in total. The first-order valence-electron chi connectivity index (χ1n) is 4.04. The maximum atomic E-state index is 10.7. The molecule has 0 rings (SSSR count). The van der Waals surface area contributed by atoms with E-state index in [1.807, 2.05) is 6.07 Å². The minimum atomic E-state index is -5.84. The molecule has 0 unspecified atom stereocenters. The molecule has 0 aliphatic heterocycles. The van der Waals surface area contributed by atoms with Gasteiger partial charge in [0, 0.05) is 21.3 Å². The van der Waals surface area contributed by atoms with Crippen molar-refractivity contribution in [2.75, 3.05) is 27.9 Å². The highest BCUT2D eigenvalue weighted by Crippen LogP contribution is 2.20. The Hall–Kier alpha value is -0.930. The van der Waals surface area contributed by atoms with Gasteiger partial charge >= 0.3 is 15.6 Å². The van der Waals surface area contributed by atoms with Crippen LogP contribution in [0.25, 0.3) is 0 Å². The second-order valence-corrected chi connectivity index (χ2v) is 4.04. The lowest BCUT2D eigenvalue weighted by atomic mass is 10.3. The normalized spacial score (nSPS) is 12.3. The summed E-state index contributed by atoms with van der Waals surface area (Å²) in [6.07, 6.45) is 0. The van der Waals surface area contributed by atoms with Crippen molar-refractivity contribution in [1.82, 2.24) is 0 Å². The standard InChI is InChI=1S/C6H11NO3.CHF3O3S/c1-8-5-6(4-7,9-2)10-3;2-1(3,4)8(5,6)7/h5H2,1-3H3;(H,5,6,7). The highest BCUT2D eigenvalue weighted by molar-refractivity contribution is 7.86. The SMILES string of the molecule is COCC(C#N)(OC)OC.O=S(=O)(O)C(F)(F)F. The monoisotopic (exact) mass is 295 g/mol. The highest BCUT2D eigenvalue weighted by Gasteiger charge is 2.44. The molecule has 0 amide bonds. The zero-order chi connectivity index (χ0) is 15.0. The van der Waals surface area contributed by atoms with Crippen LogP contribution in [0.1, 0.15) is 0 Å². The average molecular weight is 295 g/mol. The van der Waals surface area contributed by atoms with Gasteiger partial charge in [-0.2, -0.15) is 26.9 Å². The number of hydrogen-bond donors (Lipinski definition) is 1. The zero-order valence-electron chi connectivity index (χ0n) is 9.68. The topological polar surface area (TPSA) is 106 Å². The fourth-order valence-corrected chi connectivity index (χ4v) is 0.515. The van der Waals surface area contributed by atoms with E-state index in [-0.39, 0.29) is 6.61 Å². The van der Waals surface area contributed by atoms with E-state index in [1.54, 1.807) is 0 Å². The summed E-state index contributed by atoms with van der Waals surface area (Å²) in [5, 5.41) is 8.53. The summed E-state index contributed by atoms with van der Waals surface area (Å²) in [4.78, 5) is 0. The fraction of sp³-hybridized carbons (Fsp3) is 0.857. The highest BCUT2D eigenvalue weighted by atomic mass is 32.2. The predicted octanol–water partition coefficient (Wildman–Crippen LogP) is 0.539. The molecule has 0 aliphatic carbocycles. The summed E-state index contributed by atoms with van der Waals surface area (Å²) in [6.45, 7) is 0.108. The molecule has 108 valence electrons. The number of nitriles is 1. The van der Waals surface area contributed by atoms with Crippen LogP contribution in [0.15, 0.2) is 0 Å². The third-order valence-corrected chi connectivity index (χ3v) is 2.04. The Morgan fingerprint density at radius 1 is 1.22 bits per heavy atom. The lowest BCUT2D eigenvalue weighted by Crippen LogP contribution is -2.36. The molecule has 0 fully saturated rings. The molecule has 0 heterocycles. The predicted molar refractivity (Wildman–Crippen MR) is 51.8 cm³/mol. The number of alkyl halides is 3. The molecule has 0 aromatic carbocycles. The second-order valence-electron chi connectivity index (χ2n) is 2.63. The van der Waals surface area contributed by atoms with Crippen LogP contribution in [-0.4, -0.2) is 52.2 Å². The van der Waals surface area contributed by atoms with Gasteiger partial charge in [0.15, 0.2) is 0 Å². The van der Waals surface area contributed by atoms with E-state index in [1.165, 1.54) is 21.3 Å². The Kier molecular flexibility index (Phi) is 8.08. The van der Waals surface area contributed by atoms with Crippen molar-refractivity contribution in [3.63, 3.8) is 0 Å². The molecular weight excluding hydrogens is 283 g/mol. The minimum Gasteiger partial charge on any atom is -0.378 e. The van der Waals surface area contributed by atoms with Gasteiger partial charge in [-0.15, -0.1) is 0 Å². The lowest BCUT2D eigenvalue weighted by molar-refractivity contribution is -0.191. The fourth-order valence-electron chi connectivity index (χ4n) is 0.515. The molecule has 0 aromatic rings. The number of hydrogen-bond acceptors (Lipinski definition) is 6. The summed E-state index contributed by atoms with van der Waals surface area (Å²) in [7, 11) is -1.57. The van der Waals surface area contributed by atoms with Crippen LogP contribution in [0.4, 0.5) is 13.2 Å². The van der Waals surface area contributed by atoms with Crippen molar-refractivity contribution < 1.29 is 40.4 Å². The Bertz CT molecular complexity index is 370.